The van der Waals surface area contributed by atoms with Crippen LogP contribution < -0.4 is 5.56 Å². The van der Waals surface area contributed by atoms with Crippen molar-refractivity contribution in [2.45, 2.75) is 23.8 Å². The number of piperidine rings is 1. The number of pyridine rings is 1. The molecule has 2 heterocycles. The Hall–Kier alpha value is -1.18. The molecule has 1 aromatic heterocycles. The highest BCUT2D eigenvalue weighted by molar-refractivity contribution is 7.89. The third kappa shape index (κ3) is 3.05. The molecule has 1 N–H and O–H groups in total. The molecule has 1 aliphatic rings. The van der Waals surface area contributed by atoms with Gasteiger partial charge in [0, 0.05) is 31.4 Å². The van der Waals surface area contributed by atoms with E-state index in [1.54, 1.807) is 0 Å². The summed E-state index contributed by atoms with van der Waals surface area (Å²) in [5.41, 5.74) is -0.302. The third-order valence-electron chi connectivity index (χ3n) is 3.48. The smallest absolute Gasteiger partial charge is 0.247 e. The van der Waals surface area contributed by atoms with Crippen molar-refractivity contribution in [1.82, 2.24) is 14.2 Å². The van der Waals surface area contributed by atoms with Gasteiger partial charge < -0.3 is 9.88 Å². The molecule has 106 valence electrons. The molecule has 19 heavy (non-hydrogen) atoms. The SMILES string of the molecule is CN(C)C1CCCN(S(=O)(=O)c2ccc(=O)[nH]c2)C1. The molecule has 1 aliphatic heterocycles. The van der Waals surface area contributed by atoms with Crippen molar-refractivity contribution < 1.29 is 8.42 Å². The van der Waals surface area contributed by atoms with Crippen LogP contribution in [0, 0.1) is 0 Å². The summed E-state index contributed by atoms with van der Waals surface area (Å²) >= 11 is 0. The van der Waals surface area contributed by atoms with Crippen LogP contribution in [0.15, 0.2) is 28.0 Å². The Morgan fingerprint density at radius 2 is 2.11 bits per heavy atom. The Morgan fingerprint density at radius 1 is 1.37 bits per heavy atom. The third-order valence-corrected chi connectivity index (χ3v) is 5.34. The maximum Gasteiger partial charge on any atom is 0.247 e. The lowest BCUT2D eigenvalue weighted by atomic mass is 10.1. The lowest BCUT2D eigenvalue weighted by molar-refractivity contribution is 0.190. The van der Waals surface area contributed by atoms with E-state index in [4.69, 9.17) is 0 Å². The van der Waals surface area contributed by atoms with Crippen molar-refractivity contribution in [2.75, 3.05) is 27.2 Å². The molecule has 2 rings (SSSR count). The van der Waals surface area contributed by atoms with Gasteiger partial charge in [-0.25, -0.2) is 8.42 Å². The van der Waals surface area contributed by atoms with Gasteiger partial charge in [0.2, 0.25) is 15.6 Å². The predicted octanol–water partition coefficient (Wildman–Crippen LogP) is 0.0896. The normalized spacial score (nSPS) is 21.7. The average molecular weight is 285 g/mol. The van der Waals surface area contributed by atoms with Crippen LogP contribution in [0.3, 0.4) is 0 Å². The van der Waals surface area contributed by atoms with E-state index in [1.165, 1.54) is 22.6 Å². The Labute approximate surface area is 113 Å². The number of rotatable bonds is 3. The zero-order valence-corrected chi connectivity index (χ0v) is 12.0. The number of hydrogen-bond acceptors (Lipinski definition) is 4. The van der Waals surface area contributed by atoms with Gasteiger partial charge in [-0.15, -0.1) is 0 Å². The van der Waals surface area contributed by atoms with Crippen molar-refractivity contribution in [1.29, 1.82) is 0 Å². The summed E-state index contributed by atoms with van der Waals surface area (Å²) in [6.45, 7) is 1.03. The minimum absolute atomic E-state index is 0.145. The van der Waals surface area contributed by atoms with E-state index in [9.17, 15) is 13.2 Å². The molecule has 0 saturated carbocycles. The molecule has 0 radical (unpaired) electrons. The number of hydrogen-bond donors (Lipinski definition) is 1. The van der Waals surface area contributed by atoms with Crippen LogP contribution in [0.2, 0.25) is 0 Å². The Kier molecular flexibility index (Phi) is 4.07. The van der Waals surface area contributed by atoms with Gasteiger partial charge in [0.25, 0.3) is 0 Å². The van der Waals surface area contributed by atoms with Gasteiger partial charge in [-0.3, -0.25) is 4.79 Å². The van der Waals surface area contributed by atoms with E-state index in [-0.39, 0.29) is 16.5 Å². The maximum absolute atomic E-state index is 12.5. The first-order valence-electron chi connectivity index (χ1n) is 6.26. The number of nitrogens with zero attached hydrogens (tertiary/aromatic N) is 2. The van der Waals surface area contributed by atoms with Crippen molar-refractivity contribution in [2.24, 2.45) is 0 Å². The number of aromatic nitrogens is 1. The lowest BCUT2D eigenvalue weighted by Gasteiger charge is -2.35. The molecular weight excluding hydrogens is 266 g/mol. The minimum atomic E-state index is -3.51. The van der Waals surface area contributed by atoms with Crippen LogP contribution >= 0.6 is 0 Å². The van der Waals surface area contributed by atoms with E-state index in [0.717, 1.165) is 12.8 Å². The standard InChI is InChI=1S/C12H19N3O3S/c1-14(2)10-4-3-7-15(9-10)19(17,18)11-5-6-12(16)13-8-11/h5-6,8,10H,3-4,7,9H2,1-2H3,(H,13,16). The van der Waals surface area contributed by atoms with Crippen LogP contribution in [-0.2, 0) is 10.0 Å². The molecule has 1 unspecified atom stereocenters. The second-order valence-electron chi connectivity index (χ2n) is 5.01. The van der Waals surface area contributed by atoms with Crippen molar-refractivity contribution >= 4 is 10.0 Å². The summed E-state index contributed by atoms with van der Waals surface area (Å²) in [7, 11) is 0.410. The lowest BCUT2D eigenvalue weighted by Crippen LogP contribution is -2.47. The molecule has 0 aromatic carbocycles. The fourth-order valence-electron chi connectivity index (χ4n) is 2.27. The number of nitrogens with one attached hydrogen (secondary N) is 1. The van der Waals surface area contributed by atoms with Crippen LogP contribution in [0.5, 0.6) is 0 Å². The van der Waals surface area contributed by atoms with Gasteiger partial charge in [0.15, 0.2) is 0 Å². The van der Waals surface area contributed by atoms with Crippen molar-refractivity contribution in [3.05, 3.63) is 28.7 Å². The summed E-state index contributed by atoms with van der Waals surface area (Å²) in [4.78, 5) is 15.6. The van der Waals surface area contributed by atoms with E-state index in [2.05, 4.69) is 9.88 Å². The van der Waals surface area contributed by atoms with Gasteiger partial charge in [-0.2, -0.15) is 4.31 Å². The zero-order chi connectivity index (χ0) is 14.0. The second kappa shape index (κ2) is 5.44. The molecule has 6 nitrogen and oxygen atoms in total. The van der Waals surface area contributed by atoms with Crippen molar-refractivity contribution in [3.8, 4) is 0 Å². The first-order valence-corrected chi connectivity index (χ1v) is 7.70. The maximum atomic E-state index is 12.5. The van der Waals surface area contributed by atoms with E-state index in [1.807, 2.05) is 14.1 Å². The van der Waals surface area contributed by atoms with E-state index >= 15 is 0 Å². The minimum Gasteiger partial charge on any atom is -0.328 e. The predicted molar refractivity (Wildman–Crippen MR) is 72.5 cm³/mol. The quantitative estimate of drug-likeness (QED) is 0.854. The van der Waals surface area contributed by atoms with E-state index in [0.29, 0.717) is 13.1 Å². The summed E-state index contributed by atoms with van der Waals surface area (Å²) < 4.78 is 26.4. The molecule has 0 aliphatic carbocycles. The molecule has 1 aromatic rings. The molecule has 0 bridgehead atoms. The molecule has 7 heteroatoms. The number of sulfonamides is 1. The van der Waals surface area contributed by atoms with Gasteiger partial charge >= 0.3 is 0 Å². The highest BCUT2D eigenvalue weighted by Crippen LogP contribution is 2.21. The highest BCUT2D eigenvalue weighted by Gasteiger charge is 2.30. The first kappa shape index (κ1) is 14.2. The van der Waals surface area contributed by atoms with Gasteiger partial charge in [0.05, 0.1) is 4.90 Å². The highest BCUT2D eigenvalue weighted by atomic mass is 32.2. The van der Waals surface area contributed by atoms with Gasteiger partial charge in [0.1, 0.15) is 0 Å². The Balaban J connectivity index is 2.24. The Morgan fingerprint density at radius 3 is 2.68 bits per heavy atom. The largest absolute Gasteiger partial charge is 0.328 e. The Bertz CT molecular complexity index is 574. The zero-order valence-electron chi connectivity index (χ0n) is 11.2. The van der Waals surface area contributed by atoms with E-state index < -0.39 is 10.0 Å². The van der Waals surface area contributed by atoms with Gasteiger partial charge in [-0.1, -0.05) is 0 Å². The molecule has 1 saturated heterocycles. The summed E-state index contributed by atoms with van der Waals surface area (Å²) in [6, 6.07) is 2.83. The summed E-state index contributed by atoms with van der Waals surface area (Å²) in [5, 5.41) is 0. The number of aromatic amines is 1. The van der Waals surface area contributed by atoms with Gasteiger partial charge in [-0.05, 0) is 33.0 Å². The fourth-order valence-corrected chi connectivity index (χ4v) is 3.75. The fraction of sp³-hybridized carbons (Fsp3) is 0.583. The van der Waals surface area contributed by atoms with Crippen LogP contribution in [-0.4, -0.2) is 55.8 Å². The van der Waals surface area contributed by atoms with Crippen molar-refractivity contribution in [3.63, 3.8) is 0 Å². The topological polar surface area (TPSA) is 73.5 Å². The number of H-pyrrole nitrogens is 1. The second-order valence-corrected chi connectivity index (χ2v) is 6.95. The molecule has 1 fully saturated rings. The average Bonchev–Trinajstić information content (AvgIpc) is 2.39. The monoisotopic (exact) mass is 285 g/mol. The summed E-state index contributed by atoms with van der Waals surface area (Å²) in [6.07, 6.45) is 3.12. The first-order chi connectivity index (χ1) is 8.91. The van der Waals surface area contributed by atoms with Crippen LogP contribution in [0.4, 0.5) is 0 Å². The number of likely N-dealkylation sites (N-methyl/N-ethyl adjacent to an activating group) is 1. The molecular formula is C12H19N3O3S. The van der Waals surface area contributed by atoms with Crippen LogP contribution in [0.25, 0.3) is 0 Å². The molecule has 1 atom stereocenters. The van der Waals surface area contributed by atoms with Crippen LogP contribution in [0.1, 0.15) is 12.8 Å². The summed E-state index contributed by atoms with van der Waals surface area (Å²) in [5.74, 6) is 0. The molecule has 0 amide bonds. The molecule has 0 spiro atoms.